The van der Waals surface area contributed by atoms with Crippen molar-refractivity contribution in [2.75, 3.05) is 13.7 Å². The topological polar surface area (TPSA) is 30.5 Å². The zero-order valence-corrected chi connectivity index (χ0v) is 13.5. The van der Waals surface area contributed by atoms with Gasteiger partial charge in [0.05, 0.1) is 12.2 Å². The van der Waals surface area contributed by atoms with Crippen LogP contribution in [0.1, 0.15) is 52.1 Å². The summed E-state index contributed by atoms with van der Waals surface area (Å²) in [7, 11) is 1.77. The maximum absolute atomic E-state index is 5.69. The van der Waals surface area contributed by atoms with Crippen LogP contribution in [0, 0.1) is 0 Å². The number of benzene rings is 1. The van der Waals surface area contributed by atoms with Gasteiger partial charge in [0.15, 0.2) is 0 Å². The zero-order valence-electron chi connectivity index (χ0n) is 13.5. The molecule has 114 valence electrons. The molecule has 0 aliphatic rings. The molecular weight excluding hydrogens is 250 g/mol. The summed E-state index contributed by atoms with van der Waals surface area (Å²) in [5, 5.41) is 3.59. The number of hydrogen-bond donors (Lipinski definition) is 1. The number of ether oxygens (including phenoxy) is 2. The summed E-state index contributed by atoms with van der Waals surface area (Å²) in [6.45, 7) is 9.39. The Labute approximate surface area is 123 Å². The summed E-state index contributed by atoms with van der Waals surface area (Å²) < 4.78 is 11.1. The molecule has 3 nitrogen and oxygen atoms in total. The molecule has 2 atom stereocenters. The third-order valence-electron chi connectivity index (χ3n) is 3.26. The first kappa shape index (κ1) is 17.0. The predicted molar refractivity (Wildman–Crippen MR) is 84.3 cm³/mol. The van der Waals surface area contributed by atoms with E-state index in [-0.39, 0.29) is 12.2 Å². The maximum atomic E-state index is 5.69. The van der Waals surface area contributed by atoms with E-state index in [9.17, 15) is 0 Å². The summed E-state index contributed by atoms with van der Waals surface area (Å²) in [6.07, 6.45) is 2.56. The van der Waals surface area contributed by atoms with Gasteiger partial charge in [0.1, 0.15) is 5.75 Å². The summed E-state index contributed by atoms with van der Waals surface area (Å²) in [5.41, 5.74) is 1.29. The average molecular weight is 279 g/mol. The van der Waals surface area contributed by atoms with Crippen LogP contribution in [0.5, 0.6) is 5.75 Å². The third kappa shape index (κ3) is 5.93. The van der Waals surface area contributed by atoms with E-state index in [1.54, 1.807) is 7.11 Å². The van der Waals surface area contributed by atoms with Crippen molar-refractivity contribution >= 4 is 0 Å². The highest BCUT2D eigenvalue weighted by Gasteiger charge is 2.14. The molecule has 0 saturated carbocycles. The summed E-state index contributed by atoms with van der Waals surface area (Å²) in [6, 6.07) is 8.72. The molecule has 0 radical (unpaired) electrons. The van der Waals surface area contributed by atoms with Gasteiger partial charge >= 0.3 is 0 Å². The Hall–Kier alpha value is -1.06. The van der Waals surface area contributed by atoms with Gasteiger partial charge in [0, 0.05) is 13.2 Å². The van der Waals surface area contributed by atoms with Gasteiger partial charge in [-0.3, -0.25) is 0 Å². The van der Waals surface area contributed by atoms with Crippen molar-refractivity contribution in [1.82, 2.24) is 5.32 Å². The lowest BCUT2D eigenvalue weighted by molar-refractivity contribution is 0.100. The minimum Gasteiger partial charge on any atom is -0.491 e. The first-order valence-electron chi connectivity index (χ1n) is 7.59. The van der Waals surface area contributed by atoms with Crippen molar-refractivity contribution in [2.45, 2.75) is 58.8 Å². The monoisotopic (exact) mass is 279 g/mol. The van der Waals surface area contributed by atoms with Crippen LogP contribution in [-0.2, 0) is 4.74 Å². The normalized spacial score (nSPS) is 14.3. The molecule has 0 heterocycles. The van der Waals surface area contributed by atoms with Crippen molar-refractivity contribution in [1.29, 1.82) is 0 Å². The van der Waals surface area contributed by atoms with E-state index in [0.717, 1.165) is 25.1 Å². The van der Waals surface area contributed by atoms with Gasteiger partial charge in [-0.15, -0.1) is 0 Å². The van der Waals surface area contributed by atoms with Crippen LogP contribution in [0.4, 0.5) is 0 Å². The quantitative estimate of drug-likeness (QED) is 0.742. The zero-order chi connectivity index (χ0) is 15.0. The molecule has 0 aliphatic heterocycles. The Morgan fingerprint density at radius 2 is 1.75 bits per heavy atom. The van der Waals surface area contributed by atoms with Crippen LogP contribution in [0.25, 0.3) is 0 Å². The Morgan fingerprint density at radius 3 is 2.25 bits per heavy atom. The Kier molecular flexibility index (Phi) is 7.63. The molecule has 2 unspecified atom stereocenters. The van der Waals surface area contributed by atoms with E-state index < -0.39 is 0 Å². The van der Waals surface area contributed by atoms with E-state index in [0.29, 0.717) is 6.04 Å². The van der Waals surface area contributed by atoms with Crippen molar-refractivity contribution in [2.24, 2.45) is 0 Å². The average Bonchev–Trinajstić information content (AvgIpc) is 2.43. The highest BCUT2D eigenvalue weighted by molar-refractivity contribution is 5.29. The van der Waals surface area contributed by atoms with Gasteiger partial charge in [0.2, 0.25) is 0 Å². The van der Waals surface area contributed by atoms with E-state index >= 15 is 0 Å². The van der Waals surface area contributed by atoms with Crippen molar-refractivity contribution in [3.63, 3.8) is 0 Å². The second-order valence-corrected chi connectivity index (χ2v) is 5.52. The minimum atomic E-state index is 0.211. The van der Waals surface area contributed by atoms with Crippen LogP contribution < -0.4 is 10.1 Å². The second kappa shape index (κ2) is 8.98. The van der Waals surface area contributed by atoms with Gasteiger partial charge in [-0.05, 0) is 57.9 Å². The fraction of sp³-hybridized carbons (Fsp3) is 0.647. The molecule has 0 bridgehead atoms. The third-order valence-corrected chi connectivity index (χ3v) is 3.26. The molecule has 0 aliphatic carbocycles. The smallest absolute Gasteiger partial charge is 0.119 e. The summed E-state index contributed by atoms with van der Waals surface area (Å²) in [4.78, 5) is 0. The lowest BCUT2D eigenvalue weighted by Crippen LogP contribution is -2.26. The highest BCUT2D eigenvalue weighted by atomic mass is 16.5. The largest absolute Gasteiger partial charge is 0.491 e. The first-order valence-corrected chi connectivity index (χ1v) is 7.59. The number of hydrogen-bond acceptors (Lipinski definition) is 3. The fourth-order valence-electron chi connectivity index (χ4n) is 2.13. The number of methoxy groups -OCH3 is 1. The Bertz CT molecular complexity index is 362. The molecule has 1 rings (SSSR count). The highest BCUT2D eigenvalue weighted by Crippen LogP contribution is 2.23. The molecule has 0 fully saturated rings. The second-order valence-electron chi connectivity index (χ2n) is 5.52. The van der Waals surface area contributed by atoms with Crippen molar-refractivity contribution in [3.05, 3.63) is 29.8 Å². The first-order chi connectivity index (χ1) is 9.56. The SMILES string of the molecule is CCCNC(CC(C)OC)c1ccc(OC(C)C)cc1. The number of nitrogens with one attached hydrogen (secondary N) is 1. The maximum Gasteiger partial charge on any atom is 0.119 e. The van der Waals surface area contributed by atoms with Crippen LogP contribution in [0.3, 0.4) is 0 Å². The summed E-state index contributed by atoms with van der Waals surface area (Å²) in [5.74, 6) is 0.929. The molecular formula is C17H29NO2. The molecule has 0 amide bonds. The molecule has 0 aromatic heterocycles. The van der Waals surface area contributed by atoms with Gasteiger partial charge < -0.3 is 14.8 Å². The molecule has 20 heavy (non-hydrogen) atoms. The Balaban J connectivity index is 2.73. The van der Waals surface area contributed by atoms with Gasteiger partial charge in [-0.25, -0.2) is 0 Å². The lowest BCUT2D eigenvalue weighted by Gasteiger charge is -2.22. The molecule has 0 saturated heterocycles. The van der Waals surface area contributed by atoms with Gasteiger partial charge in [-0.2, -0.15) is 0 Å². The Morgan fingerprint density at radius 1 is 1.10 bits per heavy atom. The van der Waals surface area contributed by atoms with Gasteiger partial charge in [0.25, 0.3) is 0 Å². The standard InChI is InChI=1S/C17H29NO2/c1-6-11-18-17(12-14(4)19-5)15-7-9-16(10-8-15)20-13(2)3/h7-10,13-14,17-18H,6,11-12H2,1-5H3. The molecule has 1 aromatic rings. The molecule has 1 aromatic carbocycles. The van der Waals surface area contributed by atoms with Crippen molar-refractivity contribution < 1.29 is 9.47 Å². The van der Waals surface area contributed by atoms with E-state index in [1.165, 1.54) is 5.56 Å². The summed E-state index contributed by atoms with van der Waals surface area (Å²) >= 11 is 0. The van der Waals surface area contributed by atoms with E-state index in [1.807, 2.05) is 26.0 Å². The fourth-order valence-corrected chi connectivity index (χ4v) is 2.13. The van der Waals surface area contributed by atoms with E-state index in [4.69, 9.17) is 9.47 Å². The molecule has 3 heteroatoms. The molecule has 1 N–H and O–H groups in total. The minimum absolute atomic E-state index is 0.211. The van der Waals surface area contributed by atoms with Gasteiger partial charge in [-0.1, -0.05) is 19.1 Å². The van der Waals surface area contributed by atoms with E-state index in [2.05, 4.69) is 31.3 Å². The number of rotatable bonds is 9. The van der Waals surface area contributed by atoms with Crippen LogP contribution in [-0.4, -0.2) is 25.9 Å². The van der Waals surface area contributed by atoms with Crippen molar-refractivity contribution in [3.8, 4) is 5.75 Å². The van der Waals surface area contributed by atoms with Crippen LogP contribution in [0.2, 0.25) is 0 Å². The lowest BCUT2D eigenvalue weighted by atomic mass is 10.0. The predicted octanol–water partition coefficient (Wildman–Crippen LogP) is 3.94. The van der Waals surface area contributed by atoms with Crippen LogP contribution >= 0.6 is 0 Å². The van der Waals surface area contributed by atoms with Crippen LogP contribution in [0.15, 0.2) is 24.3 Å². The molecule has 0 spiro atoms.